The van der Waals surface area contributed by atoms with Crippen LogP contribution in [0.25, 0.3) is 0 Å². The summed E-state index contributed by atoms with van der Waals surface area (Å²) >= 11 is 4.19. The third-order valence-corrected chi connectivity index (χ3v) is 1.69. The molecule has 1 aromatic rings. The molecule has 0 spiro atoms. The number of carboxylic acid groups (broad SMARTS) is 2. The van der Waals surface area contributed by atoms with Gasteiger partial charge in [-0.05, 0) is 24.3 Å². The van der Waals surface area contributed by atoms with E-state index >= 15 is 0 Å². The zero-order valence-electron chi connectivity index (χ0n) is 9.58. The van der Waals surface area contributed by atoms with Crippen LogP contribution in [0.3, 0.4) is 0 Å². The first-order valence-electron chi connectivity index (χ1n) is 4.88. The first-order chi connectivity index (χ1) is 8.88. The van der Waals surface area contributed by atoms with Gasteiger partial charge in [0.2, 0.25) is 0 Å². The minimum Gasteiger partial charge on any atom is -0.478 e. The average Bonchev–Trinajstić information content (AvgIpc) is 2.35. The van der Waals surface area contributed by atoms with Crippen LogP contribution in [0.4, 0.5) is 4.79 Å². The molecule has 0 atom stereocenters. The van der Waals surface area contributed by atoms with Crippen molar-refractivity contribution in [2.45, 2.75) is 0 Å². The highest BCUT2D eigenvalue weighted by molar-refractivity contribution is 6.60. The van der Waals surface area contributed by atoms with Crippen LogP contribution in [0.1, 0.15) is 20.7 Å². The Morgan fingerprint density at radius 1 is 1.05 bits per heavy atom. The number of ether oxygens (including phenoxy) is 1. The average molecular weight is 291 g/mol. The standard InChI is InChI=1S/C10H10O5.CHClO2/c11-5-6-15-10(14)8-3-1-7(2-4-8)9(12)13;2-1(3)4/h1-4,11H,5-6H2,(H,12,13);(H,3,4). The zero-order chi connectivity index (χ0) is 14.8. The smallest absolute Gasteiger partial charge is 0.401 e. The lowest BCUT2D eigenvalue weighted by Gasteiger charge is -2.02. The Morgan fingerprint density at radius 3 is 1.84 bits per heavy atom. The van der Waals surface area contributed by atoms with E-state index in [-0.39, 0.29) is 24.3 Å². The number of hydrogen-bond donors (Lipinski definition) is 3. The second-order valence-electron chi connectivity index (χ2n) is 2.99. The van der Waals surface area contributed by atoms with E-state index in [1.54, 1.807) is 0 Å². The van der Waals surface area contributed by atoms with Crippen molar-refractivity contribution in [1.29, 1.82) is 0 Å². The molecule has 7 nitrogen and oxygen atoms in total. The van der Waals surface area contributed by atoms with E-state index in [9.17, 15) is 9.59 Å². The molecule has 0 fully saturated rings. The van der Waals surface area contributed by atoms with Gasteiger partial charge in [-0.15, -0.1) is 0 Å². The van der Waals surface area contributed by atoms with Crippen molar-refractivity contribution >= 4 is 29.0 Å². The number of hydrogen-bond acceptors (Lipinski definition) is 5. The van der Waals surface area contributed by atoms with E-state index in [1.807, 2.05) is 0 Å². The fraction of sp³-hybridized carbons (Fsp3) is 0.182. The summed E-state index contributed by atoms with van der Waals surface area (Å²) in [4.78, 5) is 30.5. The van der Waals surface area contributed by atoms with E-state index in [4.69, 9.17) is 20.1 Å². The molecule has 0 unspecified atom stereocenters. The van der Waals surface area contributed by atoms with Crippen molar-refractivity contribution in [3.05, 3.63) is 35.4 Å². The summed E-state index contributed by atoms with van der Waals surface area (Å²) in [5.41, 5.74) is -0.998. The second-order valence-corrected chi connectivity index (χ2v) is 3.32. The Kier molecular flexibility index (Phi) is 7.90. The van der Waals surface area contributed by atoms with Gasteiger partial charge in [0.25, 0.3) is 0 Å². The molecule has 0 amide bonds. The molecule has 8 heteroatoms. The molecule has 0 aliphatic rings. The van der Waals surface area contributed by atoms with Crippen LogP contribution in [0.5, 0.6) is 0 Å². The number of esters is 1. The van der Waals surface area contributed by atoms with Gasteiger partial charge < -0.3 is 20.1 Å². The molecule has 1 rings (SSSR count). The van der Waals surface area contributed by atoms with Gasteiger partial charge in [-0.3, -0.25) is 0 Å². The highest BCUT2D eigenvalue weighted by Gasteiger charge is 2.08. The summed E-state index contributed by atoms with van der Waals surface area (Å²) in [5.74, 6) is -1.63. The van der Waals surface area contributed by atoms with Gasteiger partial charge >= 0.3 is 17.4 Å². The number of aliphatic hydroxyl groups is 1. The van der Waals surface area contributed by atoms with Crippen molar-refractivity contribution in [2.24, 2.45) is 0 Å². The van der Waals surface area contributed by atoms with Crippen LogP contribution < -0.4 is 0 Å². The van der Waals surface area contributed by atoms with Gasteiger partial charge in [0, 0.05) is 11.6 Å². The fourth-order valence-electron chi connectivity index (χ4n) is 0.971. The van der Waals surface area contributed by atoms with E-state index in [0.717, 1.165) is 0 Å². The molecule has 19 heavy (non-hydrogen) atoms. The largest absolute Gasteiger partial charge is 0.478 e. The number of carboxylic acids is 1. The molecule has 1 aromatic carbocycles. The van der Waals surface area contributed by atoms with E-state index in [2.05, 4.69) is 16.3 Å². The summed E-state index contributed by atoms with van der Waals surface area (Å²) < 4.78 is 4.64. The molecule has 0 saturated heterocycles. The third-order valence-electron chi connectivity index (χ3n) is 1.69. The SMILES string of the molecule is O=C(O)Cl.O=C(O)c1ccc(C(=O)OCCO)cc1. The third kappa shape index (κ3) is 7.74. The Balaban J connectivity index is 0.000000711. The van der Waals surface area contributed by atoms with Gasteiger partial charge in [0.1, 0.15) is 6.61 Å². The van der Waals surface area contributed by atoms with Gasteiger partial charge in [-0.2, -0.15) is 0 Å². The van der Waals surface area contributed by atoms with Gasteiger partial charge in [0.05, 0.1) is 17.7 Å². The maximum Gasteiger partial charge on any atom is 0.401 e. The first-order valence-corrected chi connectivity index (χ1v) is 5.26. The lowest BCUT2D eigenvalue weighted by atomic mass is 10.1. The van der Waals surface area contributed by atoms with Gasteiger partial charge in [-0.25, -0.2) is 14.4 Å². The zero-order valence-corrected chi connectivity index (χ0v) is 10.3. The Labute approximate surface area is 113 Å². The van der Waals surface area contributed by atoms with Gasteiger partial charge in [-0.1, -0.05) is 0 Å². The number of halogens is 1. The number of carbonyl (C=O) groups excluding carboxylic acids is 1. The van der Waals surface area contributed by atoms with Crippen molar-refractivity contribution in [3.63, 3.8) is 0 Å². The van der Waals surface area contributed by atoms with Crippen molar-refractivity contribution < 1.29 is 34.4 Å². The monoisotopic (exact) mass is 290 g/mol. The van der Waals surface area contributed by atoms with Crippen LogP contribution in [0, 0.1) is 0 Å². The maximum absolute atomic E-state index is 11.2. The van der Waals surface area contributed by atoms with Crippen LogP contribution in [-0.2, 0) is 4.74 Å². The number of benzene rings is 1. The molecule has 104 valence electrons. The number of rotatable bonds is 4. The molecular weight excluding hydrogens is 280 g/mol. The van der Waals surface area contributed by atoms with Crippen LogP contribution >= 0.6 is 11.6 Å². The normalized spacial score (nSPS) is 8.95. The minimum atomic E-state index is -1.36. The first kappa shape index (κ1) is 16.9. The molecule has 0 saturated carbocycles. The van der Waals surface area contributed by atoms with Crippen LogP contribution in [0.2, 0.25) is 0 Å². The molecule has 0 bridgehead atoms. The number of aromatic carboxylic acids is 1. The van der Waals surface area contributed by atoms with Crippen LogP contribution in [0.15, 0.2) is 24.3 Å². The summed E-state index contributed by atoms with van der Waals surface area (Å²) in [7, 11) is 0. The molecular formula is C11H11ClO7. The molecule has 0 aliphatic carbocycles. The summed E-state index contributed by atoms with van der Waals surface area (Å²) in [6.07, 6.45) is 0. The minimum absolute atomic E-state index is 0.0699. The van der Waals surface area contributed by atoms with Crippen molar-refractivity contribution in [1.82, 2.24) is 0 Å². The van der Waals surface area contributed by atoms with Crippen molar-refractivity contribution in [3.8, 4) is 0 Å². The molecule has 3 N–H and O–H groups in total. The topological polar surface area (TPSA) is 121 Å². The molecule has 0 radical (unpaired) electrons. The highest BCUT2D eigenvalue weighted by Crippen LogP contribution is 2.05. The van der Waals surface area contributed by atoms with E-state index < -0.39 is 17.4 Å². The summed E-state index contributed by atoms with van der Waals surface area (Å²) in [6, 6.07) is 5.36. The van der Waals surface area contributed by atoms with E-state index in [0.29, 0.717) is 0 Å². The highest BCUT2D eigenvalue weighted by atomic mass is 35.5. The number of carbonyl (C=O) groups is 3. The van der Waals surface area contributed by atoms with Crippen molar-refractivity contribution in [2.75, 3.05) is 13.2 Å². The lowest BCUT2D eigenvalue weighted by Crippen LogP contribution is -2.09. The number of aliphatic hydroxyl groups excluding tert-OH is 1. The summed E-state index contributed by atoms with van der Waals surface area (Å²) in [5, 5.41) is 24.2. The molecule has 0 aliphatic heterocycles. The Morgan fingerprint density at radius 2 is 1.47 bits per heavy atom. The molecule has 0 aromatic heterocycles. The fourth-order valence-corrected chi connectivity index (χ4v) is 0.971. The summed E-state index contributed by atoms with van der Waals surface area (Å²) in [6.45, 7) is -0.307. The van der Waals surface area contributed by atoms with Crippen LogP contribution in [-0.4, -0.2) is 45.9 Å². The second kappa shape index (κ2) is 8.90. The van der Waals surface area contributed by atoms with Gasteiger partial charge in [0.15, 0.2) is 0 Å². The molecule has 0 heterocycles. The van der Waals surface area contributed by atoms with E-state index in [1.165, 1.54) is 24.3 Å². The Bertz CT molecular complexity index is 437. The quantitative estimate of drug-likeness (QED) is 0.566. The lowest BCUT2D eigenvalue weighted by molar-refractivity contribution is 0.0433. The Hall–Kier alpha value is -2.12. The predicted octanol–water partition coefficient (Wildman–Crippen LogP) is 1.44. The predicted molar refractivity (Wildman–Crippen MR) is 64.6 cm³/mol. The maximum atomic E-state index is 11.2.